The molecule has 2 aromatic rings. The fourth-order valence-corrected chi connectivity index (χ4v) is 3.85. The molecule has 1 unspecified atom stereocenters. The highest BCUT2D eigenvalue weighted by atomic mass is 16.5. The van der Waals surface area contributed by atoms with Crippen LogP contribution in [0.5, 0.6) is 0 Å². The van der Waals surface area contributed by atoms with Gasteiger partial charge in [0.25, 0.3) is 5.89 Å². The van der Waals surface area contributed by atoms with E-state index < -0.39 is 0 Å². The molecule has 0 spiro atoms. The largest absolute Gasteiger partial charge is 0.381 e. The van der Waals surface area contributed by atoms with Crippen molar-refractivity contribution in [1.29, 1.82) is 0 Å². The smallest absolute Gasteiger partial charge is 0.257 e. The van der Waals surface area contributed by atoms with Crippen molar-refractivity contribution < 1.29 is 14.0 Å². The van der Waals surface area contributed by atoms with Crippen LogP contribution < -0.4 is 0 Å². The van der Waals surface area contributed by atoms with Crippen LogP contribution in [-0.2, 0) is 15.9 Å². The molecule has 26 heavy (non-hydrogen) atoms. The summed E-state index contributed by atoms with van der Waals surface area (Å²) in [5, 5.41) is 4.07. The summed E-state index contributed by atoms with van der Waals surface area (Å²) in [5.41, 5.74) is 0.951. The fraction of sp³-hybridized carbons (Fsp3) is 0.600. The van der Waals surface area contributed by atoms with Gasteiger partial charge in [-0.3, -0.25) is 4.90 Å². The van der Waals surface area contributed by atoms with E-state index in [0.29, 0.717) is 36.9 Å². The Morgan fingerprint density at radius 1 is 1.12 bits per heavy atom. The summed E-state index contributed by atoms with van der Waals surface area (Å²) in [6.07, 6.45) is 5.65. The monoisotopic (exact) mass is 357 g/mol. The summed E-state index contributed by atoms with van der Waals surface area (Å²) >= 11 is 0. The molecule has 6 nitrogen and oxygen atoms in total. The van der Waals surface area contributed by atoms with Gasteiger partial charge in [0.1, 0.15) is 0 Å². The molecule has 0 N–H and O–H groups in total. The summed E-state index contributed by atoms with van der Waals surface area (Å²) in [4.78, 5) is 7.07. The highest BCUT2D eigenvalue weighted by Crippen LogP contribution is 2.21. The third-order valence-corrected chi connectivity index (χ3v) is 5.28. The van der Waals surface area contributed by atoms with E-state index >= 15 is 0 Å². The Bertz CT molecular complexity index is 670. The van der Waals surface area contributed by atoms with Gasteiger partial charge in [0, 0.05) is 37.8 Å². The molecule has 0 radical (unpaired) electrons. The van der Waals surface area contributed by atoms with Gasteiger partial charge in [-0.05, 0) is 44.4 Å². The van der Waals surface area contributed by atoms with E-state index in [0.717, 1.165) is 44.6 Å². The van der Waals surface area contributed by atoms with Crippen molar-refractivity contribution >= 4 is 0 Å². The maximum Gasteiger partial charge on any atom is 0.257 e. The van der Waals surface area contributed by atoms with E-state index in [9.17, 15) is 0 Å². The number of piperidine rings is 1. The Balaban J connectivity index is 1.24. The van der Waals surface area contributed by atoms with E-state index in [-0.39, 0.29) is 0 Å². The van der Waals surface area contributed by atoms with Gasteiger partial charge < -0.3 is 14.0 Å². The second-order valence-electron chi connectivity index (χ2n) is 7.11. The van der Waals surface area contributed by atoms with Gasteiger partial charge in [-0.1, -0.05) is 23.4 Å². The van der Waals surface area contributed by atoms with Crippen molar-refractivity contribution in [3.05, 3.63) is 36.2 Å². The second kappa shape index (κ2) is 8.75. The van der Waals surface area contributed by atoms with Crippen LogP contribution in [0, 0.1) is 0 Å². The second-order valence-corrected chi connectivity index (χ2v) is 7.11. The molecule has 1 atom stereocenters. The number of hydrogen-bond donors (Lipinski definition) is 0. The number of ether oxygens (including phenoxy) is 2. The van der Waals surface area contributed by atoms with Crippen molar-refractivity contribution in [2.75, 3.05) is 32.9 Å². The van der Waals surface area contributed by atoms with Gasteiger partial charge in [0.15, 0.2) is 5.82 Å². The molecule has 2 saturated heterocycles. The first-order valence-corrected chi connectivity index (χ1v) is 9.70. The number of rotatable bonds is 6. The minimum atomic E-state index is 0.312. The normalized spacial score (nSPS) is 22.5. The maximum absolute atomic E-state index is 6.13. The molecule has 2 aliphatic rings. The van der Waals surface area contributed by atoms with Crippen LogP contribution in [0.4, 0.5) is 0 Å². The lowest BCUT2D eigenvalue weighted by Crippen LogP contribution is -2.47. The van der Waals surface area contributed by atoms with E-state index in [4.69, 9.17) is 14.0 Å². The lowest BCUT2D eigenvalue weighted by atomic mass is 10.0. The Morgan fingerprint density at radius 2 is 1.96 bits per heavy atom. The Labute approximate surface area is 154 Å². The fourth-order valence-electron chi connectivity index (χ4n) is 3.85. The van der Waals surface area contributed by atoms with Crippen LogP contribution in [0.1, 0.15) is 31.5 Å². The molecule has 1 aromatic heterocycles. The first kappa shape index (κ1) is 17.6. The van der Waals surface area contributed by atoms with Gasteiger partial charge >= 0.3 is 0 Å². The standard InChI is InChI=1S/C20H27N3O3/c1-2-5-16(6-3-1)20-21-19(22-26-20)10-14-25-18-7-4-11-23(15-18)17-8-12-24-13-9-17/h1-3,5-6,17-18H,4,7-15H2. The van der Waals surface area contributed by atoms with Crippen LogP contribution in [-0.4, -0.2) is 60.1 Å². The van der Waals surface area contributed by atoms with Crippen molar-refractivity contribution in [3.63, 3.8) is 0 Å². The Kier molecular flexibility index (Phi) is 5.94. The van der Waals surface area contributed by atoms with E-state index in [1.807, 2.05) is 30.3 Å². The highest BCUT2D eigenvalue weighted by Gasteiger charge is 2.27. The van der Waals surface area contributed by atoms with Crippen molar-refractivity contribution in [1.82, 2.24) is 15.0 Å². The van der Waals surface area contributed by atoms with Crippen molar-refractivity contribution in [2.45, 2.75) is 44.2 Å². The summed E-state index contributed by atoms with van der Waals surface area (Å²) in [7, 11) is 0. The molecule has 2 fully saturated rings. The quantitative estimate of drug-likeness (QED) is 0.792. The van der Waals surface area contributed by atoms with E-state index in [1.54, 1.807) is 0 Å². The number of aromatic nitrogens is 2. The SMILES string of the molecule is c1ccc(-c2nc(CCOC3CCCN(C4CCOCC4)C3)no2)cc1. The molecule has 0 amide bonds. The van der Waals surface area contributed by atoms with Gasteiger partial charge in [-0.15, -0.1) is 0 Å². The lowest BCUT2D eigenvalue weighted by Gasteiger charge is -2.39. The molecule has 140 valence electrons. The molecule has 6 heteroatoms. The molecule has 3 heterocycles. The number of likely N-dealkylation sites (tertiary alicyclic amines) is 1. The molecule has 0 aliphatic carbocycles. The zero-order valence-corrected chi connectivity index (χ0v) is 15.2. The van der Waals surface area contributed by atoms with Crippen molar-refractivity contribution in [3.8, 4) is 11.5 Å². The average molecular weight is 357 g/mol. The van der Waals surface area contributed by atoms with Crippen molar-refractivity contribution in [2.24, 2.45) is 0 Å². The number of benzene rings is 1. The van der Waals surface area contributed by atoms with Gasteiger partial charge in [-0.25, -0.2) is 0 Å². The topological polar surface area (TPSA) is 60.6 Å². The molecular weight excluding hydrogens is 330 g/mol. The maximum atomic E-state index is 6.13. The predicted octanol–water partition coefficient (Wildman–Crippen LogP) is 2.94. The highest BCUT2D eigenvalue weighted by molar-refractivity contribution is 5.51. The van der Waals surface area contributed by atoms with Crippen LogP contribution in [0.15, 0.2) is 34.9 Å². The third kappa shape index (κ3) is 4.50. The van der Waals surface area contributed by atoms with Gasteiger partial charge in [0.2, 0.25) is 0 Å². The Hall–Kier alpha value is -1.76. The Morgan fingerprint density at radius 3 is 2.81 bits per heavy atom. The van der Waals surface area contributed by atoms with Gasteiger partial charge in [-0.2, -0.15) is 4.98 Å². The lowest BCUT2D eigenvalue weighted by molar-refractivity contribution is -0.0337. The van der Waals surface area contributed by atoms with Gasteiger partial charge in [0.05, 0.1) is 12.7 Å². The van der Waals surface area contributed by atoms with Crippen LogP contribution in [0.25, 0.3) is 11.5 Å². The minimum Gasteiger partial charge on any atom is -0.381 e. The summed E-state index contributed by atoms with van der Waals surface area (Å²) in [6.45, 7) is 4.66. The first-order chi connectivity index (χ1) is 12.9. The van der Waals surface area contributed by atoms with E-state index in [1.165, 1.54) is 13.0 Å². The minimum absolute atomic E-state index is 0.312. The van der Waals surface area contributed by atoms with Crippen LogP contribution in [0.2, 0.25) is 0 Å². The number of nitrogens with zero attached hydrogens (tertiary/aromatic N) is 3. The van der Waals surface area contributed by atoms with E-state index in [2.05, 4.69) is 15.0 Å². The molecular formula is C20H27N3O3. The molecule has 0 saturated carbocycles. The molecule has 4 rings (SSSR count). The molecule has 2 aliphatic heterocycles. The zero-order valence-electron chi connectivity index (χ0n) is 15.2. The molecule has 1 aromatic carbocycles. The first-order valence-electron chi connectivity index (χ1n) is 9.70. The summed E-state index contributed by atoms with van der Waals surface area (Å²) < 4.78 is 17.0. The van der Waals surface area contributed by atoms with Crippen LogP contribution in [0.3, 0.4) is 0 Å². The molecule has 0 bridgehead atoms. The zero-order chi connectivity index (χ0) is 17.6. The van der Waals surface area contributed by atoms with Crippen LogP contribution >= 0.6 is 0 Å². The summed E-state index contributed by atoms with van der Waals surface area (Å²) in [5.74, 6) is 1.28. The summed E-state index contributed by atoms with van der Waals surface area (Å²) in [6, 6.07) is 10.5. The predicted molar refractivity (Wildman–Crippen MR) is 97.8 cm³/mol. The number of hydrogen-bond acceptors (Lipinski definition) is 6. The third-order valence-electron chi connectivity index (χ3n) is 5.28. The average Bonchev–Trinajstić information content (AvgIpc) is 3.19.